The summed E-state index contributed by atoms with van der Waals surface area (Å²) < 4.78 is 46.3. The fourth-order valence-corrected chi connectivity index (χ4v) is 3.64. The van der Waals surface area contributed by atoms with Gasteiger partial charge in [0.05, 0.1) is 22.0 Å². The van der Waals surface area contributed by atoms with Crippen LogP contribution < -0.4 is 5.32 Å². The van der Waals surface area contributed by atoms with Crippen molar-refractivity contribution in [3.05, 3.63) is 58.2 Å². The Kier molecular flexibility index (Phi) is 6.94. The molecule has 0 bridgehead atoms. The summed E-state index contributed by atoms with van der Waals surface area (Å²) in [5, 5.41) is 11.0. The lowest BCUT2D eigenvalue weighted by Gasteiger charge is -2.11. The highest BCUT2D eigenvalue weighted by molar-refractivity contribution is 9.10. The molecule has 158 valence electrons. The van der Waals surface area contributed by atoms with Crippen molar-refractivity contribution in [2.45, 2.75) is 17.9 Å². The smallest absolute Gasteiger partial charge is 0.416 e. The van der Waals surface area contributed by atoms with Crippen LogP contribution in [0.25, 0.3) is 11.6 Å². The maximum Gasteiger partial charge on any atom is 0.416 e. The van der Waals surface area contributed by atoms with Gasteiger partial charge in [-0.25, -0.2) is 0 Å². The molecule has 0 unspecified atom stereocenters. The molecular weight excluding hydrogens is 509 g/mol. The number of furan rings is 1. The van der Waals surface area contributed by atoms with Crippen LogP contribution in [0.15, 0.2) is 57.2 Å². The van der Waals surface area contributed by atoms with Crippen molar-refractivity contribution in [3.8, 4) is 11.6 Å². The van der Waals surface area contributed by atoms with E-state index < -0.39 is 17.6 Å². The highest BCUT2D eigenvalue weighted by Crippen LogP contribution is 2.34. The molecule has 0 saturated heterocycles. The van der Waals surface area contributed by atoms with E-state index in [1.807, 2.05) is 0 Å². The van der Waals surface area contributed by atoms with Gasteiger partial charge < -0.3 is 9.73 Å². The lowest BCUT2D eigenvalue weighted by Crippen LogP contribution is -2.16. The van der Waals surface area contributed by atoms with E-state index in [9.17, 15) is 18.0 Å². The van der Waals surface area contributed by atoms with Crippen molar-refractivity contribution in [2.75, 3.05) is 11.1 Å². The average Bonchev–Trinajstić information content (AvgIpc) is 3.27. The SMILES string of the molecule is C=CCn1c(SCC(=O)Nc2cc(C(F)(F)F)ccc2Cl)nnc1-c1ccc(Br)o1. The van der Waals surface area contributed by atoms with Gasteiger partial charge >= 0.3 is 6.18 Å². The second-order valence-electron chi connectivity index (χ2n) is 5.84. The third kappa shape index (κ3) is 5.27. The van der Waals surface area contributed by atoms with Crippen LogP contribution in [-0.2, 0) is 17.5 Å². The number of hydrogen-bond acceptors (Lipinski definition) is 5. The number of nitrogens with one attached hydrogen (secondary N) is 1. The number of alkyl halides is 3. The number of halogens is 5. The Bertz CT molecular complexity index is 1080. The summed E-state index contributed by atoms with van der Waals surface area (Å²) in [6.45, 7) is 4.06. The van der Waals surface area contributed by atoms with Crippen LogP contribution in [0.5, 0.6) is 0 Å². The monoisotopic (exact) mass is 520 g/mol. The maximum absolute atomic E-state index is 12.9. The highest BCUT2D eigenvalue weighted by Gasteiger charge is 2.31. The standard InChI is InChI=1S/C18H13BrClF3N4O2S/c1-2-7-27-16(13-5-6-14(19)29-13)25-26-17(27)30-9-15(28)24-12-8-10(18(21,22)23)3-4-11(12)20/h2-6,8H,1,7,9H2,(H,24,28). The topological polar surface area (TPSA) is 73.0 Å². The Hall–Kier alpha value is -2.24. The van der Waals surface area contributed by atoms with Crippen molar-refractivity contribution < 1.29 is 22.4 Å². The number of allylic oxidation sites excluding steroid dienone is 1. The largest absolute Gasteiger partial charge is 0.446 e. The predicted molar refractivity (Wildman–Crippen MR) is 111 cm³/mol. The Labute approximate surface area is 186 Å². The molecule has 0 atom stereocenters. The number of rotatable bonds is 7. The van der Waals surface area contributed by atoms with Gasteiger partial charge in [-0.15, -0.1) is 16.8 Å². The summed E-state index contributed by atoms with van der Waals surface area (Å²) in [7, 11) is 0. The van der Waals surface area contributed by atoms with Crippen molar-refractivity contribution in [1.82, 2.24) is 14.8 Å². The third-order valence-electron chi connectivity index (χ3n) is 3.72. The van der Waals surface area contributed by atoms with Crippen LogP contribution in [0.2, 0.25) is 5.02 Å². The van der Waals surface area contributed by atoms with Crippen LogP contribution in [0.1, 0.15) is 5.56 Å². The number of benzene rings is 1. The summed E-state index contributed by atoms with van der Waals surface area (Å²) in [6, 6.07) is 6.14. The molecule has 0 fully saturated rings. The van der Waals surface area contributed by atoms with Crippen molar-refractivity contribution >= 4 is 50.9 Å². The number of carbonyl (C=O) groups is 1. The first-order valence-corrected chi connectivity index (χ1v) is 10.4. The van der Waals surface area contributed by atoms with Crippen molar-refractivity contribution in [2.24, 2.45) is 0 Å². The molecule has 1 aromatic carbocycles. The number of hydrogen-bond donors (Lipinski definition) is 1. The minimum Gasteiger partial charge on any atom is -0.446 e. The van der Waals surface area contributed by atoms with Gasteiger partial charge in [-0.2, -0.15) is 13.2 Å². The molecule has 2 heterocycles. The van der Waals surface area contributed by atoms with Crippen LogP contribution >= 0.6 is 39.3 Å². The first-order chi connectivity index (χ1) is 14.2. The molecule has 3 aromatic rings. The molecule has 0 aliphatic rings. The summed E-state index contributed by atoms with van der Waals surface area (Å²) in [5.41, 5.74) is -1.03. The first kappa shape index (κ1) is 22.4. The van der Waals surface area contributed by atoms with Crippen LogP contribution in [0.4, 0.5) is 18.9 Å². The van der Waals surface area contributed by atoms with Gasteiger partial charge in [0, 0.05) is 6.54 Å². The van der Waals surface area contributed by atoms with Gasteiger partial charge in [-0.05, 0) is 46.3 Å². The molecule has 3 rings (SSSR count). The summed E-state index contributed by atoms with van der Waals surface area (Å²) in [5.74, 6) is 0.258. The normalized spacial score (nSPS) is 11.5. The minimum absolute atomic E-state index is 0.00172. The zero-order valence-electron chi connectivity index (χ0n) is 15.0. The lowest BCUT2D eigenvalue weighted by atomic mass is 10.2. The summed E-state index contributed by atoms with van der Waals surface area (Å²) >= 11 is 10.2. The Morgan fingerprint density at radius 2 is 2.10 bits per heavy atom. The predicted octanol–water partition coefficient (Wildman–Crippen LogP) is 5.89. The van der Waals surface area contributed by atoms with Crippen molar-refractivity contribution in [3.63, 3.8) is 0 Å². The van der Waals surface area contributed by atoms with E-state index in [0.717, 1.165) is 30.0 Å². The fourth-order valence-electron chi connectivity index (χ4n) is 2.42. The Morgan fingerprint density at radius 3 is 2.73 bits per heavy atom. The first-order valence-electron chi connectivity index (χ1n) is 8.28. The van der Waals surface area contributed by atoms with Crippen molar-refractivity contribution in [1.29, 1.82) is 0 Å². The molecule has 1 amide bonds. The second-order valence-corrected chi connectivity index (χ2v) is 7.97. The molecule has 1 N–H and O–H groups in total. The molecule has 30 heavy (non-hydrogen) atoms. The van der Waals surface area contributed by atoms with Gasteiger partial charge in [-0.3, -0.25) is 9.36 Å². The quantitative estimate of drug-likeness (QED) is 0.310. The molecule has 0 radical (unpaired) electrons. The molecule has 12 heteroatoms. The molecule has 0 aliphatic carbocycles. The molecule has 0 spiro atoms. The molecule has 6 nitrogen and oxygen atoms in total. The zero-order chi connectivity index (χ0) is 21.9. The lowest BCUT2D eigenvalue weighted by molar-refractivity contribution is -0.137. The van der Waals surface area contributed by atoms with Gasteiger partial charge in [0.15, 0.2) is 15.6 Å². The summed E-state index contributed by atoms with van der Waals surface area (Å²) in [4.78, 5) is 12.3. The number of thioether (sulfide) groups is 1. The van der Waals surface area contributed by atoms with Gasteiger partial charge in [-0.1, -0.05) is 29.4 Å². The van der Waals surface area contributed by atoms with Crippen LogP contribution in [-0.4, -0.2) is 26.4 Å². The van der Waals surface area contributed by atoms with E-state index in [4.69, 9.17) is 16.0 Å². The van der Waals surface area contributed by atoms with Gasteiger partial charge in [0.25, 0.3) is 0 Å². The Balaban J connectivity index is 1.72. The van der Waals surface area contributed by atoms with Gasteiger partial charge in [0.1, 0.15) is 0 Å². The minimum atomic E-state index is -4.54. The Morgan fingerprint density at radius 1 is 1.33 bits per heavy atom. The van der Waals surface area contributed by atoms with E-state index in [-0.39, 0.29) is 16.5 Å². The van der Waals surface area contributed by atoms with Crippen LogP contribution in [0, 0.1) is 0 Å². The number of carbonyl (C=O) groups excluding carboxylic acids is 1. The van der Waals surface area contributed by atoms with Gasteiger partial charge in [0.2, 0.25) is 11.7 Å². The van der Waals surface area contributed by atoms with E-state index >= 15 is 0 Å². The van der Waals surface area contributed by atoms with Crippen LogP contribution in [0.3, 0.4) is 0 Å². The second kappa shape index (κ2) is 9.27. The maximum atomic E-state index is 12.9. The average molecular weight is 522 g/mol. The molecule has 0 saturated carbocycles. The van der Waals surface area contributed by atoms with E-state index in [2.05, 4.69) is 38.0 Å². The number of aromatic nitrogens is 3. The number of amides is 1. The highest BCUT2D eigenvalue weighted by atomic mass is 79.9. The van der Waals surface area contributed by atoms with E-state index in [1.165, 1.54) is 0 Å². The zero-order valence-corrected chi connectivity index (χ0v) is 18.2. The fraction of sp³-hybridized carbons (Fsp3) is 0.167. The molecule has 0 aliphatic heterocycles. The van der Waals surface area contributed by atoms with E-state index in [1.54, 1.807) is 22.8 Å². The molecule has 2 aromatic heterocycles. The summed E-state index contributed by atoms with van der Waals surface area (Å²) in [6.07, 6.45) is -2.91. The number of anilines is 1. The molecular formula is C18H13BrClF3N4O2S. The number of nitrogens with zero attached hydrogens (tertiary/aromatic N) is 3. The van der Waals surface area contributed by atoms with E-state index in [0.29, 0.717) is 28.0 Å². The third-order valence-corrected chi connectivity index (χ3v) is 5.44.